The quantitative estimate of drug-likeness (QED) is 0.562. The zero-order chi connectivity index (χ0) is 23.9. The average molecular weight is 501 g/mol. The minimum Gasteiger partial charge on any atom is -0.376 e. The second-order valence-corrected chi connectivity index (χ2v) is 11.1. The molecule has 2 aromatic heterocycles. The van der Waals surface area contributed by atoms with Crippen LogP contribution >= 0.6 is 11.3 Å². The average Bonchev–Trinajstić information content (AvgIpc) is 3.48. The number of halogens is 3. The van der Waals surface area contributed by atoms with Crippen LogP contribution in [0, 0.1) is 0 Å². The van der Waals surface area contributed by atoms with Gasteiger partial charge in [0.1, 0.15) is 4.21 Å². The summed E-state index contributed by atoms with van der Waals surface area (Å²) in [4.78, 5) is 6.01. The Balaban J connectivity index is 1.61. The van der Waals surface area contributed by atoms with E-state index in [0.717, 1.165) is 18.3 Å². The Morgan fingerprint density at radius 2 is 1.91 bits per heavy atom. The van der Waals surface area contributed by atoms with Gasteiger partial charge in [0.05, 0.1) is 12.4 Å². The van der Waals surface area contributed by atoms with Gasteiger partial charge in [-0.3, -0.25) is 0 Å². The number of piperazine rings is 1. The predicted octanol–water partition coefficient (Wildman–Crippen LogP) is 3.29. The smallest absolute Gasteiger partial charge is 0.376 e. The first-order chi connectivity index (χ1) is 15.5. The van der Waals surface area contributed by atoms with Gasteiger partial charge in [0.25, 0.3) is 10.0 Å². The van der Waals surface area contributed by atoms with Crippen molar-refractivity contribution in [1.82, 2.24) is 13.9 Å². The van der Waals surface area contributed by atoms with E-state index >= 15 is 0 Å². The van der Waals surface area contributed by atoms with Crippen LogP contribution in [-0.2, 0) is 22.2 Å². The van der Waals surface area contributed by atoms with E-state index in [-0.39, 0.29) is 28.9 Å². The Morgan fingerprint density at radius 1 is 1.18 bits per heavy atom. The molecule has 0 saturated carbocycles. The number of benzene rings is 1. The summed E-state index contributed by atoms with van der Waals surface area (Å²) in [7, 11) is -3.64. The van der Waals surface area contributed by atoms with E-state index in [4.69, 9.17) is 0 Å². The Kier molecular flexibility index (Phi) is 6.29. The van der Waals surface area contributed by atoms with Gasteiger partial charge in [-0.05, 0) is 36.1 Å². The van der Waals surface area contributed by atoms with Gasteiger partial charge < -0.3 is 14.6 Å². The molecular weight excluding hydrogens is 477 g/mol. The molecule has 12 heteroatoms. The number of alkyl halides is 3. The maximum atomic E-state index is 13.2. The van der Waals surface area contributed by atoms with E-state index in [1.165, 1.54) is 28.6 Å². The van der Waals surface area contributed by atoms with Crippen LogP contribution in [0.15, 0.2) is 64.7 Å². The molecule has 4 rings (SSSR count). The first-order valence-electron chi connectivity index (χ1n) is 10.2. The largest absolute Gasteiger partial charge is 0.421 e. The van der Waals surface area contributed by atoms with Gasteiger partial charge in [0.15, 0.2) is 5.60 Å². The van der Waals surface area contributed by atoms with E-state index in [1.54, 1.807) is 36.2 Å². The number of hydrogen-bond donors (Lipinski definition) is 1. The Bertz CT molecular complexity index is 1160. The summed E-state index contributed by atoms with van der Waals surface area (Å²) in [5.41, 5.74) is -2.58. The molecule has 0 aliphatic carbocycles. The van der Waals surface area contributed by atoms with E-state index in [1.807, 2.05) is 9.47 Å². The predicted molar refractivity (Wildman–Crippen MR) is 119 cm³/mol. The fourth-order valence-corrected chi connectivity index (χ4v) is 6.47. The lowest BCUT2D eigenvalue weighted by atomic mass is 9.95. The zero-order valence-corrected chi connectivity index (χ0v) is 19.3. The second-order valence-electron chi connectivity index (χ2n) is 8.02. The van der Waals surface area contributed by atoms with Gasteiger partial charge in [-0.15, -0.1) is 11.3 Å². The number of anilines is 1. The summed E-state index contributed by atoms with van der Waals surface area (Å²) in [5.74, 6) is 0. The highest BCUT2D eigenvalue weighted by molar-refractivity contribution is 7.91. The summed E-state index contributed by atoms with van der Waals surface area (Å²) >= 11 is 1.16. The van der Waals surface area contributed by atoms with Crippen LogP contribution in [0.3, 0.4) is 0 Å². The monoisotopic (exact) mass is 500 g/mol. The molecule has 1 N–H and O–H groups in total. The standard InChI is InChI=1S/C21H23F3N4O3S2/c1-20(29,21(22,23)24)16-4-6-17(7-5-16)28-11-10-27(33(30,31)19-3-2-12-32-19)14-18(28)13-26-9-8-25-15-26/h2-9,12,15,18,29H,10-11,13-14H2,1H3/t18-,20?/m0/s1. The van der Waals surface area contributed by atoms with E-state index < -0.39 is 21.8 Å². The normalized spacial score (nSPS) is 20.0. The number of sulfonamides is 1. The number of thiophene rings is 1. The molecule has 3 aromatic rings. The van der Waals surface area contributed by atoms with Crippen molar-refractivity contribution in [1.29, 1.82) is 0 Å². The molecule has 1 aliphatic rings. The number of nitrogens with zero attached hydrogens (tertiary/aromatic N) is 4. The third-order valence-electron chi connectivity index (χ3n) is 5.83. The summed E-state index contributed by atoms with van der Waals surface area (Å²) in [6.07, 6.45) is 0.227. The van der Waals surface area contributed by atoms with Crippen molar-refractivity contribution in [3.05, 3.63) is 66.1 Å². The maximum Gasteiger partial charge on any atom is 0.421 e. The van der Waals surface area contributed by atoms with Crippen molar-refractivity contribution in [3.8, 4) is 0 Å². The number of aromatic nitrogens is 2. The molecule has 3 heterocycles. The molecule has 1 unspecified atom stereocenters. The molecule has 1 fully saturated rings. The van der Waals surface area contributed by atoms with Crippen molar-refractivity contribution in [2.75, 3.05) is 24.5 Å². The Labute approximate surface area is 193 Å². The first kappa shape index (κ1) is 23.7. The van der Waals surface area contributed by atoms with Crippen LogP contribution in [0.25, 0.3) is 0 Å². The molecule has 0 radical (unpaired) electrons. The second kappa shape index (κ2) is 8.75. The lowest BCUT2D eigenvalue weighted by Gasteiger charge is -2.42. The van der Waals surface area contributed by atoms with Crippen LogP contribution < -0.4 is 4.90 Å². The minimum absolute atomic E-state index is 0.209. The molecule has 2 atom stereocenters. The van der Waals surface area contributed by atoms with Gasteiger partial charge in [0.2, 0.25) is 0 Å². The Morgan fingerprint density at radius 3 is 2.48 bits per heavy atom. The molecule has 0 spiro atoms. The SMILES string of the molecule is CC(O)(c1ccc(N2CCN(S(=O)(=O)c3cccs3)C[C@@H]2Cn2ccnc2)cc1)C(F)(F)F. The molecule has 178 valence electrons. The van der Waals surface area contributed by atoms with Gasteiger partial charge in [-0.2, -0.15) is 17.5 Å². The summed E-state index contributed by atoms with van der Waals surface area (Å²) in [5, 5.41) is 11.7. The van der Waals surface area contributed by atoms with Gasteiger partial charge in [0, 0.05) is 44.3 Å². The van der Waals surface area contributed by atoms with Gasteiger partial charge in [-0.25, -0.2) is 13.4 Å². The van der Waals surface area contributed by atoms with Crippen LogP contribution in [-0.4, -0.2) is 59.2 Å². The van der Waals surface area contributed by atoms with E-state index in [9.17, 15) is 26.7 Å². The third-order valence-corrected chi connectivity index (χ3v) is 9.07. The summed E-state index contributed by atoms with van der Waals surface area (Å²) in [6, 6.07) is 8.55. The highest BCUT2D eigenvalue weighted by atomic mass is 32.2. The summed E-state index contributed by atoms with van der Waals surface area (Å²) < 4.78 is 69.2. The van der Waals surface area contributed by atoms with Crippen LogP contribution in [0.1, 0.15) is 12.5 Å². The van der Waals surface area contributed by atoms with E-state index in [2.05, 4.69) is 4.98 Å². The Hall–Kier alpha value is -2.41. The summed E-state index contributed by atoms with van der Waals surface area (Å²) in [6.45, 7) is 1.97. The highest BCUT2D eigenvalue weighted by Gasteiger charge is 2.51. The van der Waals surface area contributed by atoms with Crippen LogP contribution in [0.4, 0.5) is 18.9 Å². The molecule has 1 aliphatic heterocycles. The molecule has 0 bridgehead atoms. The molecular formula is C21H23F3N4O3S2. The third kappa shape index (κ3) is 4.65. The van der Waals surface area contributed by atoms with Crippen LogP contribution in [0.5, 0.6) is 0 Å². The van der Waals surface area contributed by atoms with Crippen molar-refractivity contribution < 1.29 is 26.7 Å². The number of aliphatic hydroxyl groups is 1. The van der Waals surface area contributed by atoms with Crippen LogP contribution in [0.2, 0.25) is 0 Å². The number of rotatable bonds is 6. The maximum absolute atomic E-state index is 13.2. The minimum atomic E-state index is -4.81. The molecule has 1 saturated heterocycles. The van der Waals surface area contributed by atoms with Crippen molar-refractivity contribution in [3.63, 3.8) is 0 Å². The first-order valence-corrected chi connectivity index (χ1v) is 12.5. The van der Waals surface area contributed by atoms with E-state index in [0.29, 0.717) is 18.8 Å². The van der Waals surface area contributed by atoms with Crippen molar-refractivity contribution in [2.24, 2.45) is 0 Å². The lowest BCUT2D eigenvalue weighted by molar-refractivity contribution is -0.258. The van der Waals surface area contributed by atoms with Crippen molar-refractivity contribution >= 4 is 27.0 Å². The lowest BCUT2D eigenvalue weighted by Crippen LogP contribution is -2.56. The van der Waals surface area contributed by atoms with Crippen molar-refractivity contribution in [2.45, 2.75) is 35.5 Å². The fourth-order valence-electron chi connectivity index (χ4n) is 3.86. The topological polar surface area (TPSA) is 78.7 Å². The fraction of sp³-hybridized carbons (Fsp3) is 0.381. The highest BCUT2D eigenvalue weighted by Crippen LogP contribution is 2.39. The zero-order valence-electron chi connectivity index (χ0n) is 17.7. The molecule has 33 heavy (non-hydrogen) atoms. The number of imidazole rings is 1. The molecule has 1 aromatic carbocycles. The van der Waals surface area contributed by atoms with Gasteiger partial charge >= 0.3 is 6.18 Å². The number of hydrogen-bond acceptors (Lipinski definition) is 6. The van der Waals surface area contributed by atoms with Gasteiger partial charge in [-0.1, -0.05) is 18.2 Å². The molecule has 7 nitrogen and oxygen atoms in total. The molecule has 0 amide bonds.